The minimum absolute atomic E-state index is 0.0962. The number of thiophene rings is 1. The molecule has 2 amide bonds. The Balaban J connectivity index is 1.40. The van der Waals surface area contributed by atoms with E-state index in [9.17, 15) is 9.59 Å². The van der Waals surface area contributed by atoms with E-state index >= 15 is 0 Å². The van der Waals surface area contributed by atoms with Crippen molar-refractivity contribution < 1.29 is 19.1 Å². The molecule has 0 aromatic carbocycles. The monoisotopic (exact) mass is 698 g/mol. The fourth-order valence-electron chi connectivity index (χ4n) is 7.03. The van der Waals surface area contributed by atoms with Crippen molar-refractivity contribution in [2.45, 2.75) is 83.8 Å². The smallest absolute Gasteiger partial charge is 0.410 e. The number of nitrogens with two attached hydrogens (primary N) is 2. The van der Waals surface area contributed by atoms with Crippen LogP contribution < -0.4 is 26.6 Å². The number of fused-ring (bicyclic) bond motifs is 1. The molecule has 0 spiro atoms. The van der Waals surface area contributed by atoms with E-state index in [1.54, 1.807) is 18.1 Å². The van der Waals surface area contributed by atoms with Crippen LogP contribution in [0.25, 0.3) is 0 Å². The molecule has 2 aromatic rings. The molecule has 15 heteroatoms. The van der Waals surface area contributed by atoms with Crippen LogP contribution in [0.15, 0.2) is 6.07 Å². The van der Waals surface area contributed by atoms with Crippen molar-refractivity contribution in [3.63, 3.8) is 0 Å². The first-order valence-electron chi connectivity index (χ1n) is 17.4. The van der Waals surface area contributed by atoms with Crippen molar-refractivity contribution in [3.05, 3.63) is 22.2 Å². The molecule has 2 aliphatic heterocycles. The molecule has 2 aromatic heterocycles. The third kappa shape index (κ3) is 8.38. The van der Waals surface area contributed by atoms with Gasteiger partial charge in [0.2, 0.25) is 11.9 Å². The number of anilines is 4. The second-order valence-electron chi connectivity index (χ2n) is 14.6. The number of amidine groups is 1. The Hall–Kier alpha value is -3.69. The Morgan fingerprint density at radius 3 is 2.55 bits per heavy atom. The Morgan fingerprint density at radius 1 is 1.12 bits per heavy atom. The van der Waals surface area contributed by atoms with E-state index in [1.807, 2.05) is 27.7 Å². The molecule has 0 saturated carbocycles. The average Bonchev–Trinajstić information content (AvgIpc) is 3.22. The standard InChI is InChI=1S/C34H54N10O4S/c1-22-21-41(13-9-19-47-6)12-8-14-44(22)31-38-23(20-25(39-31)42-15-17-43(18-16-42)32(46)48-33(2,3)4)28(36)40-30(45)34(5)11-7-10-24-26(34)27(35)29(37)49-24/h20,22H,7-19,21,35,37H2,1-6H3,(H2,36,40,45)/t22-,34-/m0/s1. The van der Waals surface area contributed by atoms with E-state index in [1.165, 1.54) is 11.3 Å². The van der Waals surface area contributed by atoms with Gasteiger partial charge in [-0.15, -0.1) is 11.3 Å². The Morgan fingerprint density at radius 2 is 1.86 bits per heavy atom. The number of nitrogen functional groups attached to an aromatic ring is 2. The predicted molar refractivity (Wildman–Crippen MR) is 195 cm³/mol. The van der Waals surface area contributed by atoms with Gasteiger partial charge in [0.1, 0.15) is 22.1 Å². The summed E-state index contributed by atoms with van der Waals surface area (Å²) in [6, 6.07) is 1.88. The van der Waals surface area contributed by atoms with Gasteiger partial charge in [-0.25, -0.2) is 9.78 Å². The molecule has 4 heterocycles. The lowest BCUT2D eigenvalue weighted by atomic mass is 9.72. The highest BCUT2D eigenvalue weighted by Gasteiger charge is 2.43. The normalized spacial score (nSPS) is 22.0. The van der Waals surface area contributed by atoms with Gasteiger partial charge in [0.25, 0.3) is 0 Å². The molecular weight excluding hydrogens is 645 g/mol. The molecule has 6 N–H and O–H groups in total. The van der Waals surface area contributed by atoms with Gasteiger partial charge in [0.05, 0.1) is 11.1 Å². The van der Waals surface area contributed by atoms with Gasteiger partial charge in [-0.3, -0.25) is 10.2 Å². The van der Waals surface area contributed by atoms with Crippen LogP contribution in [0.5, 0.6) is 0 Å². The molecule has 2 saturated heterocycles. The summed E-state index contributed by atoms with van der Waals surface area (Å²) in [5.74, 6) is 0.775. The number of carbonyl (C=O) groups excluding carboxylic acids is 2. The Bertz CT molecular complexity index is 1520. The number of hydrogen-bond acceptors (Lipinski definition) is 13. The molecule has 2 atom stereocenters. The molecular formula is C34H54N10O4S. The first-order valence-corrected chi connectivity index (χ1v) is 18.2. The van der Waals surface area contributed by atoms with Crippen LogP contribution in [0.3, 0.4) is 0 Å². The van der Waals surface area contributed by atoms with Crippen molar-refractivity contribution in [1.82, 2.24) is 25.1 Å². The first kappa shape index (κ1) is 36.6. The molecule has 0 bridgehead atoms. The fourth-order valence-corrected chi connectivity index (χ4v) is 8.19. The van der Waals surface area contributed by atoms with E-state index in [0.717, 1.165) is 68.9 Å². The molecule has 1 aliphatic carbocycles. The number of aryl methyl sites for hydroxylation is 1. The molecule has 270 valence electrons. The molecule has 0 radical (unpaired) electrons. The lowest BCUT2D eigenvalue weighted by Crippen LogP contribution is -2.50. The molecule has 0 unspecified atom stereocenters. The number of ether oxygens (including phenoxy) is 2. The number of piperazine rings is 1. The quantitative estimate of drug-likeness (QED) is 0.180. The van der Waals surface area contributed by atoms with Gasteiger partial charge in [0, 0.05) is 82.1 Å². The minimum atomic E-state index is -0.916. The van der Waals surface area contributed by atoms with E-state index in [4.69, 9.17) is 36.3 Å². The van der Waals surface area contributed by atoms with Crippen LogP contribution in [0.1, 0.15) is 76.4 Å². The lowest BCUT2D eigenvalue weighted by molar-refractivity contribution is -0.125. The van der Waals surface area contributed by atoms with Crippen molar-refractivity contribution in [3.8, 4) is 0 Å². The predicted octanol–water partition coefficient (Wildman–Crippen LogP) is 3.43. The number of aromatic nitrogens is 2. The highest BCUT2D eigenvalue weighted by Crippen LogP contribution is 2.47. The fraction of sp³-hybridized carbons (Fsp3) is 0.676. The lowest BCUT2D eigenvalue weighted by Gasteiger charge is -2.37. The number of methoxy groups -OCH3 is 1. The van der Waals surface area contributed by atoms with Gasteiger partial charge in [-0.2, -0.15) is 4.98 Å². The second kappa shape index (κ2) is 15.1. The number of nitrogens with one attached hydrogen (secondary N) is 2. The Kier molecular flexibility index (Phi) is 11.2. The highest BCUT2D eigenvalue weighted by atomic mass is 32.1. The summed E-state index contributed by atoms with van der Waals surface area (Å²) >= 11 is 1.44. The van der Waals surface area contributed by atoms with E-state index in [0.29, 0.717) is 60.7 Å². The van der Waals surface area contributed by atoms with Crippen LogP contribution in [-0.2, 0) is 26.1 Å². The van der Waals surface area contributed by atoms with Crippen LogP contribution in [0.4, 0.5) is 27.2 Å². The van der Waals surface area contributed by atoms with Crippen molar-refractivity contribution in [1.29, 1.82) is 5.41 Å². The van der Waals surface area contributed by atoms with Gasteiger partial charge in [0.15, 0.2) is 5.84 Å². The van der Waals surface area contributed by atoms with Crippen LogP contribution in [-0.4, -0.2) is 115 Å². The molecule has 14 nitrogen and oxygen atoms in total. The number of nitrogens with zero attached hydrogens (tertiary/aromatic N) is 6. The maximum absolute atomic E-state index is 14.0. The zero-order valence-corrected chi connectivity index (χ0v) is 30.7. The average molecular weight is 699 g/mol. The van der Waals surface area contributed by atoms with E-state index in [-0.39, 0.29) is 23.9 Å². The summed E-state index contributed by atoms with van der Waals surface area (Å²) in [5.41, 5.74) is 12.7. The van der Waals surface area contributed by atoms with Crippen LogP contribution in [0.2, 0.25) is 0 Å². The highest BCUT2D eigenvalue weighted by molar-refractivity contribution is 7.16. The maximum Gasteiger partial charge on any atom is 0.410 e. The largest absolute Gasteiger partial charge is 0.444 e. The zero-order valence-electron chi connectivity index (χ0n) is 29.9. The zero-order chi connectivity index (χ0) is 35.5. The Labute approximate surface area is 294 Å². The molecule has 3 aliphatic rings. The van der Waals surface area contributed by atoms with Gasteiger partial charge in [-0.05, 0) is 73.3 Å². The number of amides is 2. The number of hydrogen-bond donors (Lipinski definition) is 4. The molecule has 5 rings (SSSR count). The number of carbonyl (C=O) groups is 2. The van der Waals surface area contributed by atoms with Crippen molar-refractivity contribution >= 4 is 51.6 Å². The first-order chi connectivity index (χ1) is 23.2. The summed E-state index contributed by atoms with van der Waals surface area (Å²) in [4.78, 5) is 46.2. The molecule has 49 heavy (non-hydrogen) atoms. The maximum atomic E-state index is 14.0. The summed E-state index contributed by atoms with van der Waals surface area (Å²) in [6.45, 7) is 15.9. The topological polar surface area (TPSA) is 179 Å². The van der Waals surface area contributed by atoms with E-state index in [2.05, 4.69) is 26.9 Å². The summed E-state index contributed by atoms with van der Waals surface area (Å²) in [7, 11) is 1.73. The van der Waals surface area contributed by atoms with E-state index < -0.39 is 11.0 Å². The van der Waals surface area contributed by atoms with Crippen LogP contribution >= 0.6 is 11.3 Å². The molecule has 2 fully saturated rings. The summed E-state index contributed by atoms with van der Waals surface area (Å²) < 4.78 is 10.9. The van der Waals surface area contributed by atoms with Crippen LogP contribution in [0, 0.1) is 5.41 Å². The SMILES string of the molecule is COCCCN1CCCN(c2nc(C(=N)NC(=O)[C@@]3(C)CCCc4sc(N)c(N)c43)cc(N3CCN(C(=O)OC(C)(C)C)CC3)n2)[C@@H](C)C1. The third-order valence-electron chi connectivity index (χ3n) is 9.64. The second-order valence-corrected chi connectivity index (χ2v) is 15.7. The van der Waals surface area contributed by atoms with Gasteiger partial charge < -0.3 is 45.9 Å². The van der Waals surface area contributed by atoms with Gasteiger partial charge in [-0.1, -0.05) is 0 Å². The van der Waals surface area contributed by atoms with Gasteiger partial charge >= 0.3 is 6.09 Å². The summed E-state index contributed by atoms with van der Waals surface area (Å²) in [6.07, 6.45) is 3.84. The minimum Gasteiger partial charge on any atom is -0.444 e. The summed E-state index contributed by atoms with van der Waals surface area (Å²) in [5, 5.41) is 12.5. The van der Waals surface area contributed by atoms with Crippen molar-refractivity contribution in [2.75, 3.05) is 87.3 Å². The van der Waals surface area contributed by atoms with Crippen molar-refractivity contribution in [2.24, 2.45) is 0 Å². The number of rotatable bonds is 8. The third-order valence-corrected chi connectivity index (χ3v) is 10.7.